The molecular formula is C9H15NO2. The lowest BCUT2D eigenvalue weighted by atomic mass is 9.78. The molecule has 0 aromatic heterocycles. The number of carbonyl (C=O) groups is 1. The summed E-state index contributed by atoms with van der Waals surface area (Å²) in [6, 6.07) is -0.254. The Morgan fingerprint density at radius 1 is 1.33 bits per heavy atom. The minimum Gasteiger partial charge on any atom is -0.480 e. The number of carboxylic acids is 1. The van der Waals surface area contributed by atoms with E-state index in [4.69, 9.17) is 5.11 Å². The highest BCUT2D eigenvalue weighted by Gasteiger charge is 2.40. The summed E-state index contributed by atoms with van der Waals surface area (Å²) in [4.78, 5) is 10.8. The van der Waals surface area contributed by atoms with Gasteiger partial charge in [0.25, 0.3) is 0 Å². The van der Waals surface area contributed by atoms with Gasteiger partial charge in [-0.05, 0) is 31.2 Å². The van der Waals surface area contributed by atoms with Crippen molar-refractivity contribution in [1.82, 2.24) is 5.32 Å². The Labute approximate surface area is 72.2 Å². The zero-order valence-electron chi connectivity index (χ0n) is 7.12. The minimum atomic E-state index is -0.663. The minimum absolute atomic E-state index is 0.254. The first-order valence-corrected chi connectivity index (χ1v) is 4.75. The van der Waals surface area contributed by atoms with Crippen LogP contribution in [0.1, 0.15) is 25.7 Å². The molecule has 2 aliphatic rings. The van der Waals surface area contributed by atoms with Crippen LogP contribution in [-0.2, 0) is 4.79 Å². The molecule has 1 aliphatic carbocycles. The van der Waals surface area contributed by atoms with Gasteiger partial charge in [-0.15, -0.1) is 0 Å². The van der Waals surface area contributed by atoms with Gasteiger partial charge in [0.1, 0.15) is 6.04 Å². The van der Waals surface area contributed by atoms with Crippen molar-refractivity contribution >= 4 is 5.97 Å². The van der Waals surface area contributed by atoms with E-state index in [0.29, 0.717) is 11.8 Å². The van der Waals surface area contributed by atoms with Crippen molar-refractivity contribution < 1.29 is 9.90 Å². The maximum absolute atomic E-state index is 10.8. The first kappa shape index (κ1) is 8.05. The van der Waals surface area contributed by atoms with Crippen LogP contribution in [0.5, 0.6) is 0 Å². The fourth-order valence-electron chi connectivity index (χ4n) is 2.63. The van der Waals surface area contributed by atoms with E-state index in [1.54, 1.807) is 0 Å². The van der Waals surface area contributed by atoms with Crippen LogP contribution in [0.2, 0.25) is 0 Å². The molecule has 0 aromatic rings. The molecule has 2 fully saturated rings. The van der Waals surface area contributed by atoms with Crippen molar-refractivity contribution in [1.29, 1.82) is 0 Å². The average Bonchev–Trinajstić information content (AvgIpc) is 2.47. The molecule has 1 saturated heterocycles. The van der Waals surface area contributed by atoms with Crippen LogP contribution < -0.4 is 5.32 Å². The molecule has 0 bridgehead atoms. The molecule has 2 rings (SSSR count). The summed E-state index contributed by atoms with van der Waals surface area (Å²) in [5, 5.41) is 12.0. The van der Waals surface area contributed by atoms with Crippen molar-refractivity contribution in [3.05, 3.63) is 0 Å². The van der Waals surface area contributed by atoms with Crippen LogP contribution in [-0.4, -0.2) is 23.7 Å². The van der Waals surface area contributed by atoms with Crippen LogP contribution >= 0.6 is 0 Å². The third-order valence-corrected chi connectivity index (χ3v) is 3.26. The Bertz CT molecular complexity index is 193. The lowest BCUT2D eigenvalue weighted by Gasteiger charge is -2.26. The Morgan fingerprint density at radius 3 is 2.83 bits per heavy atom. The van der Waals surface area contributed by atoms with E-state index in [2.05, 4.69) is 5.32 Å². The van der Waals surface area contributed by atoms with Crippen molar-refractivity contribution in [3.63, 3.8) is 0 Å². The maximum Gasteiger partial charge on any atom is 0.320 e. The Hall–Kier alpha value is -0.570. The number of hydrogen-bond acceptors (Lipinski definition) is 2. The van der Waals surface area contributed by atoms with Gasteiger partial charge in [0.15, 0.2) is 0 Å². The third-order valence-electron chi connectivity index (χ3n) is 3.26. The van der Waals surface area contributed by atoms with Crippen LogP contribution in [0.4, 0.5) is 0 Å². The summed E-state index contributed by atoms with van der Waals surface area (Å²) in [5.74, 6) is 0.389. The monoisotopic (exact) mass is 169 g/mol. The molecule has 3 heteroatoms. The van der Waals surface area contributed by atoms with Crippen LogP contribution in [0.3, 0.4) is 0 Å². The highest BCUT2D eigenvalue weighted by atomic mass is 16.4. The highest BCUT2D eigenvalue weighted by molar-refractivity contribution is 5.74. The summed E-state index contributed by atoms with van der Waals surface area (Å²) in [5.41, 5.74) is 0. The molecule has 2 N–H and O–H groups in total. The lowest BCUT2D eigenvalue weighted by Crippen LogP contribution is -2.36. The summed E-state index contributed by atoms with van der Waals surface area (Å²) in [6.45, 7) is 0.918. The zero-order chi connectivity index (χ0) is 8.55. The maximum atomic E-state index is 10.8. The van der Waals surface area contributed by atoms with Crippen molar-refractivity contribution in [2.45, 2.75) is 31.7 Å². The normalized spacial score (nSPS) is 40.8. The number of nitrogens with one attached hydrogen (secondary N) is 1. The van der Waals surface area contributed by atoms with Gasteiger partial charge in [0.05, 0.1) is 0 Å². The summed E-state index contributed by atoms with van der Waals surface area (Å²) >= 11 is 0. The van der Waals surface area contributed by atoms with Crippen LogP contribution in [0.15, 0.2) is 0 Å². The number of carboxylic acid groups (broad SMARTS) is 1. The second-order valence-corrected chi connectivity index (χ2v) is 3.93. The Morgan fingerprint density at radius 2 is 2.08 bits per heavy atom. The summed E-state index contributed by atoms with van der Waals surface area (Å²) in [7, 11) is 0. The van der Waals surface area contributed by atoms with E-state index in [-0.39, 0.29) is 6.04 Å². The molecule has 0 amide bonds. The SMILES string of the molecule is O=C(O)[C@H]1NC[C@@H]2CCCCC21. The summed E-state index contributed by atoms with van der Waals surface area (Å²) in [6.07, 6.45) is 4.83. The van der Waals surface area contributed by atoms with E-state index in [1.807, 2.05) is 0 Å². The van der Waals surface area contributed by atoms with Gasteiger partial charge < -0.3 is 10.4 Å². The highest BCUT2D eigenvalue weighted by Crippen LogP contribution is 2.35. The molecule has 1 saturated carbocycles. The van der Waals surface area contributed by atoms with Crippen molar-refractivity contribution in [2.75, 3.05) is 6.54 Å². The van der Waals surface area contributed by atoms with Gasteiger partial charge in [-0.1, -0.05) is 12.8 Å². The van der Waals surface area contributed by atoms with Crippen molar-refractivity contribution in [3.8, 4) is 0 Å². The standard InChI is InChI=1S/C9H15NO2/c11-9(12)8-7-4-2-1-3-6(7)5-10-8/h6-8,10H,1-5H2,(H,11,12)/t6-,7?,8-/m0/s1. The predicted octanol–water partition coefficient (Wildman–Crippen LogP) is 0.849. The molecule has 68 valence electrons. The van der Waals surface area contributed by atoms with E-state index in [9.17, 15) is 4.79 Å². The predicted molar refractivity (Wildman–Crippen MR) is 44.9 cm³/mol. The Balaban J connectivity index is 2.05. The fourth-order valence-corrected chi connectivity index (χ4v) is 2.63. The largest absolute Gasteiger partial charge is 0.480 e. The molecule has 0 radical (unpaired) electrons. The average molecular weight is 169 g/mol. The smallest absolute Gasteiger partial charge is 0.320 e. The van der Waals surface area contributed by atoms with Gasteiger partial charge in [-0.25, -0.2) is 0 Å². The number of hydrogen-bond donors (Lipinski definition) is 2. The molecule has 3 nitrogen and oxygen atoms in total. The van der Waals surface area contributed by atoms with Crippen LogP contribution in [0, 0.1) is 11.8 Å². The summed E-state index contributed by atoms with van der Waals surface area (Å²) < 4.78 is 0. The number of fused-ring (bicyclic) bond motifs is 1. The first-order chi connectivity index (χ1) is 5.79. The number of rotatable bonds is 1. The number of aliphatic carboxylic acids is 1. The zero-order valence-corrected chi connectivity index (χ0v) is 7.12. The third kappa shape index (κ3) is 1.22. The molecule has 3 atom stereocenters. The first-order valence-electron chi connectivity index (χ1n) is 4.75. The van der Waals surface area contributed by atoms with E-state index in [0.717, 1.165) is 13.0 Å². The van der Waals surface area contributed by atoms with E-state index < -0.39 is 5.97 Å². The topological polar surface area (TPSA) is 49.3 Å². The molecule has 0 spiro atoms. The van der Waals surface area contributed by atoms with E-state index in [1.165, 1.54) is 19.3 Å². The second-order valence-electron chi connectivity index (χ2n) is 3.93. The molecule has 1 aliphatic heterocycles. The van der Waals surface area contributed by atoms with Crippen LogP contribution in [0.25, 0.3) is 0 Å². The molecular weight excluding hydrogens is 154 g/mol. The van der Waals surface area contributed by atoms with Gasteiger partial charge >= 0.3 is 5.97 Å². The fraction of sp³-hybridized carbons (Fsp3) is 0.889. The second kappa shape index (κ2) is 3.05. The molecule has 1 heterocycles. The van der Waals surface area contributed by atoms with E-state index >= 15 is 0 Å². The molecule has 1 unspecified atom stereocenters. The van der Waals surface area contributed by atoms with Gasteiger partial charge in [0, 0.05) is 0 Å². The molecule has 12 heavy (non-hydrogen) atoms. The Kier molecular flexibility index (Phi) is 2.05. The van der Waals surface area contributed by atoms with Gasteiger partial charge in [-0.2, -0.15) is 0 Å². The van der Waals surface area contributed by atoms with Gasteiger partial charge in [0.2, 0.25) is 0 Å². The lowest BCUT2D eigenvalue weighted by molar-refractivity contribution is -0.140. The van der Waals surface area contributed by atoms with Crippen molar-refractivity contribution in [2.24, 2.45) is 11.8 Å². The quantitative estimate of drug-likeness (QED) is 0.611. The van der Waals surface area contributed by atoms with Gasteiger partial charge in [-0.3, -0.25) is 4.79 Å². The molecule has 0 aromatic carbocycles.